The van der Waals surface area contributed by atoms with Crippen LogP contribution in [0.2, 0.25) is 0 Å². The molecule has 0 spiro atoms. The van der Waals surface area contributed by atoms with Crippen LogP contribution in [0.4, 0.5) is 0 Å². The molecule has 0 saturated carbocycles. The molecule has 12 N–H and O–H groups in total. The molecule has 0 aromatic heterocycles. The van der Waals surface area contributed by atoms with E-state index in [0.29, 0.717) is 12.8 Å². The van der Waals surface area contributed by atoms with Gasteiger partial charge < -0.3 is 89.9 Å². The molecule has 0 bridgehead atoms. The zero-order valence-electron chi connectivity index (χ0n) is 54.7. The van der Waals surface area contributed by atoms with Crippen molar-refractivity contribution in [1.82, 2.24) is 5.32 Å². The van der Waals surface area contributed by atoms with E-state index in [0.717, 1.165) is 38.5 Å². The summed E-state index contributed by atoms with van der Waals surface area (Å²) in [4.78, 5) is 13.4. The SMILES string of the molecule is CCCCCCCCCCCCCCCC/C=C/CC/C=C/C(O)C(COC1OC(CO)C(OC2OC(CO)C(OC3OC(CO)C(O)C(O)C3O)C(O)C2O)C(O)C1O)NC(=O)CCCCCCCCCCCCCCCCCCCCCCCCC. The topological polar surface area (TPSA) is 307 Å². The summed E-state index contributed by atoms with van der Waals surface area (Å²) in [6.07, 6.45) is 31.6. The van der Waals surface area contributed by atoms with Crippen LogP contribution in [0.15, 0.2) is 24.3 Å². The predicted octanol–water partition coefficient (Wildman–Crippen LogP) is 9.44. The van der Waals surface area contributed by atoms with Gasteiger partial charge in [0.15, 0.2) is 18.9 Å². The lowest BCUT2D eigenvalue weighted by atomic mass is 9.96. The number of hydrogen-bond acceptors (Lipinski definition) is 18. The lowest BCUT2D eigenvalue weighted by Crippen LogP contribution is -2.66. The molecule has 0 aliphatic carbocycles. The molecule has 3 aliphatic rings. The standard InChI is InChI=1S/C69H129NO18/c1-3-5-7-9-11-13-15-17-19-21-23-25-26-27-29-31-33-35-37-39-41-43-45-47-57(75)70-52(53(74)46-44-42-40-38-36-34-32-30-28-24-22-20-18-16-14-12-10-8-6-4-2)51-83-67-63(81)60(78)65(55(49-72)85-67)88-69-64(82)61(79)66(56(50-73)86-69)87-68-62(80)59(77)58(76)54(48-71)84-68/h36,38,44,46,52-56,58-69,71-74,76-82H,3-35,37,39-43,45,47-51H2,1-2H3,(H,70,75)/b38-36+,46-44+. The van der Waals surface area contributed by atoms with Crippen molar-refractivity contribution in [2.45, 2.75) is 381 Å². The Hall–Kier alpha value is -1.73. The Morgan fingerprint density at radius 2 is 0.727 bits per heavy atom. The van der Waals surface area contributed by atoms with E-state index < -0.39 is 124 Å². The van der Waals surface area contributed by atoms with Crippen molar-refractivity contribution in [1.29, 1.82) is 0 Å². The van der Waals surface area contributed by atoms with E-state index >= 15 is 0 Å². The highest BCUT2D eigenvalue weighted by Crippen LogP contribution is 2.33. The van der Waals surface area contributed by atoms with Crippen LogP contribution in [-0.4, -0.2) is 193 Å². The third kappa shape index (κ3) is 33.4. The molecule has 3 saturated heterocycles. The highest BCUT2D eigenvalue weighted by molar-refractivity contribution is 5.76. The van der Waals surface area contributed by atoms with E-state index in [2.05, 4.69) is 31.3 Å². The minimum atomic E-state index is -1.98. The highest BCUT2D eigenvalue weighted by atomic mass is 16.8. The smallest absolute Gasteiger partial charge is 0.220 e. The lowest BCUT2D eigenvalue weighted by molar-refractivity contribution is -0.379. The number of unbranched alkanes of at least 4 members (excludes halogenated alkanes) is 37. The van der Waals surface area contributed by atoms with E-state index in [1.165, 1.54) is 205 Å². The number of aliphatic hydroxyl groups is 11. The molecule has 3 aliphatic heterocycles. The van der Waals surface area contributed by atoms with Crippen LogP contribution in [0.1, 0.15) is 277 Å². The van der Waals surface area contributed by atoms with Crippen molar-refractivity contribution in [3.63, 3.8) is 0 Å². The number of nitrogens with one attached hydrogen (secondary N) is 1. The third-order valence-corrected chi connectivity index (χ3v) is 18.0. The van der Waals surface area contributed by atoms with Gasteiger partial charge in [0.25, 0.3) is 0 Å². The van der Waals surface area contributed by atoms with Gasteiger partial charge in [0, 0.05) is 6.42 Å². The first kappa shape index (κ1) is 80.5. The molecule has 518 valence electrons. The third-order valence-electron chi connectivity index (χ3n) is 18.0. The maximum atomic E-state index is 13.4. The fourth-order valence-corrected chi connectivity index (χ4v) is 12.2. The van der Waals surface area contributed by atoms with E-state index in [1.54, 1.807) is 6.08 Å². The number of ether oxygens (including phenoxy) is 6. The monoisotopic (exact) mass is 1260 g/mol. The van der Waals surface area contributed by atoms with Gasteiger partial charge in [-0.05, 0) is 32.1 Å². The molecule has 0 aromatic carbocycles. The average molecular weight is 1260 g/mol. The molecule has 19 nitrogen and oxygen atoms in total. The molecule has 3 rings (SSSR count). The van der Waals surface area contributed by atoms with Gasteiger partial charge in [-0.15, -0.1) is 0 Å². The quantitative estimate of drug-likeness (QED) is 0.0199. The van der Waals surface area contributed by atoms with Crippen LogP contribution in [0.25, 0.3) is 0 Å². The van der Waals surface area contributed by atoms with Crippen LogP contribution < -0.4 is 5.32 Å². The maximum absolute atomic E-state index is 13.4. The summed E-state index contributed by atoms with van der Waals surface area (Å²) in [7, 11) is 0. The fourth-order valence-electron chi connectivity index (χ4n) is 12.2. The highest BCUT2D eigenvalue weighted by Gasteiger charge is 2.53. The zero-order valence-corrected chi connectivity index (χ0v) is 54.7. The first-order valence-electron chi connectivity index (χ1n) is 35.6. The zero-order chi connectivity index (χ0) is 64.0. The summed E-state index contributed by atoms with van der Waals surface area (Å²) < 4.78 is 34.4. The van der Waals surface area contributed by atoms with Crippen molar-refractivity contribution in [2.75, 3.05) is 26.4 Å². The molecule has 3 heterocycles. The van der Waals surface area contributed by atoms with Crippen LogP contribution in [0.3, 0.4) is 0 Å². The van der Waals surface area contributed by atoms with Gasteiger partial charge in [-0.2, -0.15) is 0 Å². The second-order valence-electron chi connectivity index (χ2n) is 25.7. The normalized spacial score (nSPS) is 28.5. The summed E-state index contributed by atoms with van der Waals surface area (Å²) in [5, 5.41) is 121. The Morgan fingerprint density at radius 3 is 1.14 bits per heavy atom. The summed E-state index contributed by atoms with van der Waals surface area (Å²) in [5.74, 6) is -0.280. The number of hydrogen-bond donors (Lipinski definition) is 12. The molecule has 0 aromatic rings. The van der Waals surface area contributed by atoms with Crippen molar-refractivity contribution < 1.29 is 89.4 Å². The summed E-state index contributed by atoms with van der Waals surface area (Å²) in [6, 6.07) is -0.987. The summed E-state index contributed by atoms with van der Waals surface area (Å²) in [6.45, 7) is 1.75. The number of carbonyl (C=O) groups is 1. The van der Waals surface area contributed by atoms with Gasteiger partial charge in [-0.1, -0.05) is 263 Å². The van der Waals surface area contributed by atoms with Gasteiger partial charge in [0.1, 0.15) is 73.2 Å². The van der Waals surface area contributed by atoms with Gasteiger partial charge in [-0.25, -0.2) is 0 Å². The number of amides is 1. The van der Waals surface area contributed by atoms with Crippen LogP contribution in [-0.2, 0) is 33.2 Å². The van der Waals surface area contributed by atoms with E-state index in [-0.39, 0.29) is 18.9 Å². The molecule has 19 heteroatoms. The fraction of sp³-hybridized carbons (Fsp3) is 0.928. The second kappa shape index (κ2) is 51.7. The van der Waals surface area contributed by atoms with Crippen molar-refractivity contribution >= 4 is 5.91 Å². The molecular formula is C69H129NO18. The minimum Gasteiger partial charge on any atom is -0.394 e. The molecule has 3 fully saturated rings. The Labute approximate surface area is 530 Å². The maximum Gasteiger partial charge on any atom is 0.220 e. The van der Waals surface area contributed by atoms with Crippen molar-refractivity contribution in [3.8, 4) is 0 Å². The van der Waals surface area contributed by atoms with E-state index in [4.69, 9.17) is 28.4 Å². The average Bonchev–Trinajstić information content (AvgIpc) is 1.61. The number of rotatable bonds is 55. The first-order valence-corrected chi connectivity index (χ1v) is 35.6. The van der Waals surface area contributed by atoms with Gasteiger partial charge >= 0.3 is 0 Å². The minimum absolute atomic E-state index is 0.241. The molecule has 17 atom stereocenters. The van der Waals surface area contributed by atoms with Crippen LogP contribution >= 0.6 is 0 Å². The van der Waals surface area contributed by atoms with Gasteiger partial charge in [0.2, 0.25) is 5.91 Å². The summed E-state index contributed by atoms with van der Waals surface area (Å²) in [5.41, 5.74) is 0. The molecular weight excluding hydrogens is 1130 g/mol. The lowest BCUT2D eigenvalue weighted by Gasteiger charge is -2.48. The summed E-state index contributed by atoms with van der Waals surface area (Å²) >= 11 is 0. The molecule has 1 amide bonds. The van der Waals surface area contributed by atoms with Crippen molar-refractivity contribution in [2.24, 2.45) is 0 Å². The number of allylic oxidation sites excluding steroid dienone is 3. The molecule has 88 heavy (non-hydrogen) atoms. The van der Waals surface area contributed by atoms with E-state index in [9.17, 15) is 61.0 Å². The van der Waals surface area contributed by atoms with E-state index in [1.807, 2.05) is 6.08 Å². The van der Waals surface area contributed by atoms with Crippen molar-refractivity contribution in [3.05, 3.63) is 24.3 Å². The van der Waals surface area contributed by atoms with Gasteiger partial charge in [-0.3, -0.25) is 4.79 Å². The Bertz CT molecular complexity index is 1690. The van der Waals surface area contributed by atoms with Crippen LogP contribution in [0, 0.1) is 0 Å². The van der Waals surface area contributed by atoms with Gasteiger partial charge in [0.05, 0.1) is 38.6 Å². The largest absolute Gasteiger partial charge is 0.394 e. The first-order chi connectivity index (χ1) is 42.8. The Morgan fingerprint density at radius 1 is 0.398 bits per heavy atom. The predicted molar refractivity (Wildman–Crippen MR) is 342 cm³/mol. The second-order valence-corrected chi connectivity index (χ2v) is 25.7. The number of aliphatic hydroxyl groups excluding tert-OH is 11. The number of carbonyl (C=O) groups excluding carboxylic acids is 1. The molecule has 0 radical (unpaired) electrons. The van der Waals surface area contributed by atoms with Crippen LogP contribution in [0.5, 0.6) is 0 Å². The Kier molecular flexibility index (Phi) is 47.3. The Balaban J connectivity index is 1.44. The molecule has 17 unspecified atom stereocenters.